The molecule has 2 unspecified atom stereocenters. The Morgan fingerprint density at radius 3 is 2.29 bits per heavy atom. The third-order valence-corrected chi connectivity index (χ3v) is 9.87. The van der Waals surface area contributed by atoms with Gasteiger partial charge in [0.2, 0.25) is 0 Å². The van der Waals surface area contributed by atoms with Crippen LogP contribution in [0.2, 0.25) is 0 Å². The quantitative estimate of drug-likeness (QED) is 0.292. The van der Waals surface area contributed by atoms with E-state index in [-0.39, 0.29) is 35.1 Å². The van der Waals surface area contributed by atoms with E-state index in [1.807, 2.05) is 38.6 Å². The molecule has 7 nitrogen and oxygen atoms in total. The first-order valence-corrected chi connectivity index (χ1v) is 16.2. The van der Waals surface area contributed by atoms with Gasteiger partial charge in [-0.2, -0.15) is 11.8 Å². The third kappa shape index (κ3) is 9.59. The molecule has 1 saturated carbocycles. The number of thioether (sulfide) groups is 1. The fraction of sp³-hybridized carbons (Fsp3) is 0.576. The molecule has 3 N–H and O–H groups in total. The average Bonchev–Trinajstić information content (AvgIpc) is 2.96. The molecule has 1 heterocycles. The minimum absolute atomic E-state index is 0.0573. The van der Waals surface area contributed by atoms with Crippen LogP contribution in [-0.2, 0) is 4.74 Å². The molecule has 2 amide bonds. The Labute approximate surface area is 249 Å². The van der Waals surface area contributed by atoms with Crippen molar-refractivity contribution in [2.45, 2.75) is 82.6 Å². The number of carbonyl (C=O) groups is 2. The number of piperidine rings is 1. The highest BCUT2D eigenvalue weighted by molar-refractivity contribution is 8.00. The predicted molar refractivity (Wildman–Crippen MR) is 168 cm³/mol. The third-order valence-electron chi connectivity index (χ3n) is 8.10. The molecule has 4 rings (SSSR count). The van der Waals surface area contributed by atoms with Gasteiger partial charge in [0.15, 0.2) is 0 Å². The average molecular weight is 582 g/mol. The zero-order valence-electron chi connectivity index (χ0n) is 24.8. The topological polar surface area (TPSA) is 90.9 Å². The fourth-order valence-electron chi connectivity index (χ4n) is 5.98. The first-order chi connectivity index (χ1) is 19.7. The number of ether oxygens (including phenoxy) is 1. The van der Waals surface area contributed by atoms with Crippen molar-refractivity contribution in [3.63, 3.8) is 0 Å². The lowest BCUT2D eigenvalue weighted by Gasteiger charge is -2.40. The Bertz CT molecular complexity index is 1110. The number of phenolic OH excluding ortho intramolecular Hbond substituents is 1. The molecule has 2 aromatic carbocycles. The van der Waals surface area contributed by atoms with Gasteiger partial charge in [0.05, 0.1) is 11.6 Å². The highest BCUT2D eigenvalue weighted by Crippen LogP contribution is 2.36. The summed E-state index contributed by atoms with van der Waals surface area (Å²) in [4.78, 5) is 28.6. The van der Waals surface area contributed by atoms with E-state index in [4.69, 9.17) is 4.74 Å². The molecule has 2 aromatic rings. The summed E-state index contributed by atoms with van der Waals surface area (Å²) in [7, 11) is 0. The van der Waals surface area contributed by atoms with Crippen molar-refractivity contribution >= 4 is 29.4 Å². The standard InChI is InChI=1S/C33H47N3O4S/c1-33(2,3)40-32(39)35-28(22-34-31(38)27-16-10-11-17-29(27)37)30(41-23-24-12-6-4-7-13-24)25-18-20-36(21-19-25)26-14-8-5-9-15-26/h5,8-11,14-17,24-25,28,30,37H,4,6-7,12-13,18-23H2,1-3H3,(H,34,38)(H,35,39). The van der Waals surface area contributed by atoms with E-state index in [0.717, 1.165) is 31.7 Å². The van der Waals surface area contributed by atoms with Crippen LogP contribution in [0.15, 0.2) is 54.6 Å². The zero-order valence-corrected chi connectivity index (χ0v) is 25.6. The Morgan fingerprint density at radius 1 is 0.976 bits per heavy atom. The summed E-state index contributed by atoms with van der Waals surface area (Å²) in [5, 5.41) is 16.5. The molecule has 1 aliphatic heterocycles. The van der Waals surface area contributed by atoms with Crippen LogP contribution in [0.5, 0.6) is 5.75 Å². The molecular formula is C33H47N3O4S. The van der Waals surface area contributed by atoms with Crippen molar-refractivity contribution in [2.24, 2.45) is 11.8 Å². The second-order valence-electron chi connectivity index (χ2n) is 12.4. The summed E-state index contributed by atoms with van der Waals surface area (Å²) in [5.41, 5.74) is 0.848. The van der Waals surface area contributed by atoms with Gasteiger partial charge in [-0.1, -0.05) is 49.6 Å². The van der Waals surface area contributed by atoms with Gasteiger partial charge in [-0.25, -0.2) is 4.79 Å². The van der Waals surface area contributed by atoms with Crippen LogP contribution in [0, 0.1) is 11.8 Å². The summed E-state index contributed by atoms with van der Waals surface area (Å²) in [6, 6.07) is 16.8. The smallest absolute Gasteiger partial charge is 0.407 e. The largest absolute Gasteiger partial charge is 0.507 e. The van der Waals surface area contributed by atoms with E-state index in [9.17, 15) is 14.7 Å². The van der Waals surface area contributed by atoms with Crippen LogP contribution < -0.4 is 15.5 Å². The lowest BCUT2D eigenvalue weighted by atomic mass is 9.89. The van der Waals surface area contributed by atoms with E-state index >= 15 is 0 Å². The van der Waals surface area contributed by atoms with Crippen LogP contribution >= 0.6 is 11.8 Å². The number of benzene rings is 2. The number of hydrogen-bond acceptors (Lipinski definition) is 6. The number of aromatic hydroxyl groups is 1. The van der Waals surface area contributed by atoms with Gasteiger partial charge >= 0.3 is 6.09 Å². The molecule has 2 atom stereocenters. The molecule has 1 saturated heterocycles. The molecule has 41 heavy (non-hydrogen) atoms. The zero-order chi connectivity index (χ0) is 29.2. The second kappa shape index (κ2) is 14.9. The van der Waals surface area contributed by atoms with Crippen molar-refractivity contribution in [1.82, 2.24) is 10.6 Å². The first-order valence-electron chi connectivity index (χ1n) is 15.2. The molecule has 0 bridgehead atoms. The Kier molecular flexibility index (Phi) is 11.3. The van der Waals surface area contributed by atoms with Crippen molar-refractivity contribution in [3.8, 4) is 5.75 Å². The highest BCUT2D eigenvalue weighted by atomic mass is 32.2. The second-order valence-corrected chi connectivity index (χ2v) is 13.7. The maximum atomic E-state index is 13.1. The Balaban J connectivity index is 1.52. The summed E-state index contributed by atoms with van der Waals surface area (Å²) in [5.74, 6) is 1.72. The van der Waals surface area contributed by atoms with E-state index in [1.54, 1.807) is 18.2 Å². The van der Waals surface area contributed by atoms with Crippen LogP contribution in [0.3, 0.4) is 0 Å². The number of carbonyl (C=O) groups excluding carboxylic acids is 2. The maximum absolute atomic E-state index is 13.1. The van der Waals surface area contributed by atoms with Gasteiger partial charge in [0.25, 0.3) is 5.91 Å². The Hall–Kier alpha value is -2.87. The van der Waals surface area contributed by atoms with Gasteiger partial charge in [0, 0.05) is 30.6 Å². The minimum atomic E-state index is -0.626. The number of nitrogens with one attached hydrogen (secondary N) is 2. The number of alkyl carbamates (subject to hydrolysis) is 1. The minimum Gasteiger partial charge on any atom is -0.507 e. The van der Waals surface area contributed by atoms with Crippen LogP contribution in [-0.4, -0.2) is 59.4 Å². The normalized spacial score (nSPS) is 18.4. The number of anilines is 1. The molecule has 224 valence electrons. The lowest BCUT2D eigenvalue weighted by molar-refractivity contribution is 0.0495. The number of amides is 2. The van der Waals surface area contributed by atoms with E-state index in [2.05, 4.69) is 39.8 Å². The number of phenols is 1. The SMILES string of the molecule is CC(C)(C)OC(=O)NC(CNC(=O)c1ccccc1O)C(SCC1CCCCC1)C1CCN(c2ccccc2)CC1. The Morgan fingerprint density at radius 2 is 1.63 bits per heavy atom. The molecule has 1 aliphatic carbocycles. The number of nitrogens with zero attached hydrogens (tertiary/aromatic N) is 1. The number of hydrogen-bond donors (Lipinski definition) is 3. The molecule has 2 fully saturated rings. The van der Waals surface area contributed by atoms with Crippen LogP contribution in [0.25, 0.3) is 0 Å². The van der Waals surface area contributed by atoms with Gasteiger partial charge in [-0.3, -0.25) is 4.79 Å². The molecule has 0 spiro atoms. The van der Waals surface area contributed by atoms with E-state index < -0.39 is 11.7 Å². The van der Waals surface area contributed by atoms with Crippen molar-refractivity contribution < 1.29 is 19.4 Å². The van der Waals surface area contributed by atoms with Gasteiger partial charge < -0.3 is 25.4 Å². The fourth-order valence-corrected chi connectivity index (χ4v) is 7.75. The first kappa shape index (κ1) is 31.1. The van der Waals surface area contributed by atoms with Crippen LogP contribution in [0.1, 0.15) is 76.1 Å². The number of para-hydroxylation sites is 2. The van der Waals surface area contributed by atoms with Gasteiger partial charge in [-0.15, -0.1) is 0 Å². The summed E-state index contributed by atoms with van der Waals surface area (Å²) >= 11 is 1.96. The monoisotopic (exact) mass is 581 g/mol. The van der Waals surface area contributed by atoms with Gasteiger partial charge in [-0.05, 0) is 88.3 Å². The lowest BCUT2D eigenvalue weighted by Crippen LogP contribution is -2.54. The summed E-state index contributed by atoms with van der Waals surface area (Å²) in [6.07, 6.45) is 7.99. The summed E-state index contributed by atoms with van der Waals surface area (Å²) in [6.45, 7) is 7.74. The van der Waals surface area contributed by atoms with Crippen molar-refractivity contribution in [1.29, 1.82) is 0 Å². The molecule has 2 aliphatic rings. The van der Waals surface area contributed by atoms with E-state index in [1.165, 1.54) is 43.9 Å². The predicted octanol–water partition coefficient (Wildman–Crippen LogP) is 6.61. The van der Waals surface area contributed by atoms with Crippen molar-refractivity contribution in [3.05, 3.63) is 60.2 Å². The van der Waals surface area contributed by atoms with Crippen LogP contribution in [0.4, 0.5) is 10.5 Å². The highest BCUT2D eigenvalue weighted by Gasteiger charge is 2.35. The maximum Gasteiger partial charge on any atom is 0.407 e. The van der Waals surface area contributed by atoms with E-state index in [0.29, 0.717) is 11.8 Å². The molecule has 0 aromatic heterocycles. The van der Waals surface area contributed by atoms with Crippen molar-refractivity contribution in [2.75, 3.05) is 30.3 Å². The molecule has 8 heteroatoms. The molecule has 0 radical (unpaired) electrons. The van der Waals surface area contributed by atoms with Gasteiger partial charge in [0.1, 0.15) is 11.4 Å². The summed E-state index contributed by atoms with van der Waals surface area (Å²) < 4.78 is 5.67. The molecular weight excluding hydrogens is 534 g/mol. The number of rotatable bonds is 10.